The summed E-state index contributed by atoms with van der Waals surface area (Å²) in [6.07, 6.45) is 13.5. The standard InChI is InChI=1S/C24H40O3/c1-4-5-6-7-8-9-10-11-12-16-23(26)27-24-21(18-17-20(2)3)14-13-15-22(24)19-25/h13-15,20,25H,4-12,16-19H2,1-3H3. The fourth-order valence-electron chi connectivity index (χ4n) is 3.28. The molecule has 0 spiro atoms. The molecule has 0 fully saturated rings. The fourth-order valence-corrected chi connectivity index (χ4v) is 3.28. The van der Waals surface area contributed by atoms with E-state index in [0.717, 1.165) is 31.2 Å². The van der Waals surface area contributed by atoms with Crippen LogP contribution >= 0.6 is 0 Å². The van der Waals surface area contributed by atoms with Crippen LogP contribution in [0.15, 0.2) is 18.2 Å². The third-order valence-corrected chi connectivity index (χ3v) is 5.04. The number of rotatable bonds is 15. The smallest absolute Gasteiger partial charge is 0.311 e. The lowest BCUT2D eigenvalue weighted by Crippen LogP contribution is -2.11. The van der Waals surface area contributed by atoms with Gasteiger partial charge in [-0.05, 0) is 30.7 Å². The minimum Gasteiger partial charge on any atom is -0.426 e. The van der Waals surface area contributed by atoms with E-state index in [0.29, 0.717) is 23.7 Å². The average Bonchev–Trinajstić information content (AvgIpc) is 2.65. The first-order valence-corrected chi connectivity index (χ1v) is 11.0. The van der Waals surface area contributed by atoms with Crippen molar-refractivity contribution in [3.63, 3.8) is 0 Å². The van der Waals surface area contributed by atoms with Gasteiger partial charge in [-0.25, -0.2) is 0 Å². The summed E-state index contributed by atoms with van der Waals surface area (Å²) in [5, 5.41) is 9.59. The van der Waals surface area contributed by atoms with Crippen LogP contribution in [-0.4, -0.2) is 11.1 Å². The summed E-state index contributed by atoms with van der Waals surface area (Å²) >= 11 is 0. The Morgan fingerprint density at radius 2 is 1.56 bits per heavy atom. The molecule has 1 rings (SSSR count). The number of aliphatic hydroxyl groups excluding tert-OH is 1. The molecule has 0 heterocycles. The Kier molecular flexibility index (Phi) is 12.9. The van der Waals surface area contributed by atoms with Crippen molar-refractivity contribution in [2.24, 2.45) is 5.92 Å². The van der Waals surface area contributed by atoms with Crippen molar-refractivity contribution in [2.75, 3.05) is 0 Å². The Labute approximate surface area is 166 Å². The Balaban J connectivity index is 2.36. The predicted molar refractivity (Wildman–Crippen MR) is 113 cm³/mol. The summed E-state index contributed by atoms with van der Waals surface area (Å²) in [5.74, 6) is 1.000. The lowest BCUT2D eigenvalue weighted by atomic mass is 10.00. The summed E-state index contributed by atoms with van der Waals surface area (Å²) < 4.78 is 5.67. The van der Waals surface area contributed by atoms with E-state index in [1.807, 2.05) is 18.2 Å². The number of carbonyl (C=O) groups is 1. The van der Waals surface area contributed by atoms with Gasteiger partial charge in [0.25, 0.3) is 0 Å². The molecule has 0 amide bonds. The number of aryl methyl sites for hydroxylation is 1. The van der Waals surface area contributed by atoms with Gasteiger partial charge in [-0.1, -0.05) is 90.3 Å². The Morgan fingerprint density at radius 3 is 2.15 bits per heavy atom. The minimum atomic E-state index is -0.176. The summed E-state index contributed by atoms with van der Waals surface area (Å²) in [6.45, 7) is 6.51. The number of aliphatic hydroxyl groups is 1. The second-order valence-electron chi connectivity index (χ2n) is 8.05. The summed E-state index contributed by atoms with van der Waals surface area (Å²) in [4.78, 5) is 12.3. The molecule has 27 heavy (non-hydrogen) atoms. The van der Waals surface area contributed by atoms with Gasteiger partial charge >= 0.3 is 5.97 Å². The molecule has 3 nitrogen and oxygen atoms in total. The second kappa shape index (κ2) is 14.7. The topological polar surface area (TPSA) is 46.5 Å². The molecule has 1 aromatic carbocycles. The molecule has 0 radical (unpaired) electrons. The van der Waals surface area contributed by atoms with Gasteiger partial charge in [0.1, 0.15) is 5.75 Å². The number of ether oxygens (including phenoxy) is 1. The maximum Gasteiger partial charge on any atom is 0.311 e. The van der Waals surface area contributed by atoms with Crippen LogP contribution in [0.3, 0.4) is 0 Å². The molecular weight excluding hydrogens is 336 g/mol. The maximum absolute atomic E-state index is 12.3. The van der Waals surface area contributed by atoms with Crippen LogP contribution in [0, 0.1) is 5.92 Å². The van der Waals surface area contributed by atoms with E-state index in [2.05, 4.69) is 20.8 Å². The third-order valence-electron chi connectivity index (χ3n) is 5.04. The molecule has 0 saturated carbocycles. The molecule has 0 saturated heterocycles. The maximum atomic E-state index is 12.3. The first kappa shape index (κ1) is 23.7. The molecule has 0 aliphatic rings. The zero-order valence-corrected chi connectivity index (χ0v) is 17.8. The lowest BCUT2D eigenvalue weighted by Gasteiger charge is -2.14. The first-order chi connectivity index (χ1) is 13.1. The highest BCUT2D eigenvalue weighted by atomic mass is 16.5. The van der Waals surface area contributed by atoms with Crippen LogP contribution < -0.4 is 4.74 Å². The van der Waals surface area contributed by atoms with Gasteiger partial charge in [0.2, 0.25) is 0 Å². The van der Waals surface area contributed by atoms with Crippen LogP contribution in [-0.2, 0) is 17.8 Å². The summed E-state index contributed by atoms with van der Waals surface area (Å²) in [6, 6.07) is 5.77. The van der Waals surface area contributed by atoms with Crippen molar-refractivity contribution >= 4 is 5.97 Å². The van der Waals surface area contributed by atoms with Gasteiger partial charge in [-0.3, -0.25) is 4.79 Å². The molecule has 154 valence electrons. The summed E-state index contributed by atoms with van der Waals surface area (Å²) in [7, 11) is 0. The number of unbranched alkanes of at least 4 members (excludes halogenated alkanes) is 8. The van der Waals surface area contributed by atoms with Gasteiger partial charge < -0.3 is 9.84 Å². The fraction of sp³-hybridized carbons (Fsp3) is 0.708. The molecule has 0 aliphatic heterocycles. The monoisotopic (exact) mass is 376 g/mol. The van der Waals surface area contributed by atoms with E-state index in [-0.39, 0.29) is 12.6 Å². The number of carbonyl (C=O) groups excluding carboxylic acids is 1. The van der Waals surface area contributed by atoms with Crippen molar-refractivity contribution in [2.45, 2.75) is 104 Å². The van der Waals surface area contributed by atoms with Gasteiger partial charge in [-0.2, -0.15) is 0 Å². The molecule has 1 N–H and O–H groups in total. The number of para-hydroxylation sites is 1. The average molecular weight is 377 g/mol. The van der Waals surface area contributed by atoms with Crippen molar-refractivity contribution in [1.29, 1.82) is 0 Å². The Hall–Kier alpha value is -1.35. The molecule has 0 bridgehead atoms. The number of benzene rings is 1. The van der Waals surface area contributed by atoms with Crippen molar-refractivity contribution in [3.05, 3.63) is 29.3 Å². The largest absolute Gasteiger partial charge is 0.426 e. The zero-order valence-electron chi connectivity index (χ0n) is 17.8. The van der Waals surface area contributed by atoms with Crippen molar-refractivity contribution in [1.82, 2.24) is 0 Å². The van der Waals surface area contributed by atoms with E-state index in [4.69, 9.17) is 4.74 Å². The normalized spacial score (nSPS) is 11.1. The summed E-state index contributed by atoms with van der Waals surface area (Å²) in [5.41, 5.74) is 1.73. The quantitative estimate of drug-likeness (QED) is 0.213. The van der Waals surface area contributed by atoms with E-state index >= 15 is 0 Å². The SMILES string of the molecule is CCCCCCCCCCCC(=O)Oc1c(CO)cccc1CCC(C)C. The lowest BCUT2D eigenvalue weighted by molar-refractivity contribution is -0.134. The highest BCUT2D eigenvalue weighted by Crippen LogP contribution is 2.27. The Morgan fingerprint density at radius 1 is 0.963 bits per heavy atom. The number of esters is 1. The highest BCUT2D eigenvalue weighted by Gasteiger charge is 2.14. The predicted octanol–water partition coefficient (Wildman–Crippen LogP) is 6.59. The molecule has 0 unspecified atom stereocenters. The second-order valence-corrected chi connectivity index (χ2v) is 8.05. The van der Waals surface area contributed by atoms with E-state index < -0.39 is 0 Å². The highest BCUT2D eigenvalue weighted by molar-refractivity contribution is 5.73. The molecule has 1 aromatic rings. The minimum absolute atomic E-state index is 0.101. The number of hydrogen-bond acceptors (Lipinski definition) is 3. The molecule has 0 aliphatic carbocycles. The van der Waals surface area contributed by atoms with Crippen molar-refractivity contribution in [3.8, 4) is 5.75 Å². The zero-order chi connectivity index (χ0) is 19.9. The van der Waals surface area contributed by atoms with Crippen LogP contribution in [0.4, 0.5) is 0 Å². The van der Waals surface area contributed by atoms with Gasteiger partial charge in [0.15, 0.2) is 0 Å². The van der Waals surface area contributed by atoms with E-state index in [9.17, 15) is 9.90 Å². The first-order valence-electron chi connectivity index (χ1n) is 11.0. The van der Waals surface area contributed by atoms with Gasteiger partial charge in [0, 0.05) is 12.0 Å². The van der Waals surface area contributed by atoms with Crippen molar-refractivity contribution < 1.29 is 14.6 Å². The number of hydrogen-bond donors (Lipinski definition) is 1. The molecule has 3 heteroatoms. The van der Waals surface area contributed by atoms with E-state index in [1.165, 1.54) is 44.9 Å². The molecule has 0 atom stereocenters. The molecular formula is C24H40O3. The van der Waals surface area contributed by atoms with Crippen LogP contribution in [0.5, 0.6) is 5.75 Å². The van der Waals surface area contributed by atoms with Crippen LogP contribution in [0.1, 0.15) is 103 Å². The third kappa shape index (κ3) is 10.5. The van der Waals surface area contributed by atoms with Gasteiger partial charge in [-0.15, -0.1) is 0 Å². The Bertz CT molecular complexity index is 522. The van der Waals surface area contributed by atoms with Crippen LogP contribution in [0.25, 0.3) is 0 Å². The van der Waals surface area contributed by atoms with Crippen LogP contribution in [0.2, 0.25) is 0 Å². The van der Waals surface area contributed by atoms with Gasteiger partial charge in [0.05, 0.1) is 6.61 Å². The molecule has 0 aromatic heterocycles. The van der Waals surface area contributed by atoms with E-state index in [1.54, 1.807) is 0 Å².